The van der Waals surface area contributed by atoms with Crippen LogP contribution in [0.3, 0.4) is 0 Å². The van der Waals surface area contributed by atoms with Gasteiger partial charge in [0.05, 0.1) is 22.9 Å². The largest absolute Gasteiger partial charge is 0.491 e. The molecule has 230 valence electrons. The van der Waals surface area contributed by atoms with Crippen LogP contribution in [-0.4, -0.2) is 12.6 Å². The number of amides is 2. The number of nitrogens with zero attached hydrogens (tertiary/aromatic N) is 1. The molecule has 5 nitrogen and oxygen atoms in total. The van der Waals surface area contributed by atoms with Crippen LogP contribution in [0, 0.1) is 6.92 Å². The zero-order valence-electron chi connectivity index (χ0n) is 26.8. The molecular formula is C36H54N3O2S+. The molecule has 0 aliphatic heterocycles. The maximum atomic E-state index is 13.1. The Bertz CT molecular complexity index is 1210. The van der Waals surface area contributed by atoms with Crippen LogP contribution in [0.5, 0.6) is 5.75 Å². The molecule has 0 bridgehead atoms. The molecule has 1 aromatic heterocycles. The van der Waals surface area contributed by atoms with Crippen molar-refractivity contribution in [3.63, 3.8) is 0 Å². The average Bonchev–Trinajstić information content (AvgIpc) is 3.36. The average molecular weight is 593 g/mol. The maximum absolute atomic E-state index is 13.1. The number of nitrogens with one attached hydrogen (secondary N) is 2. The smallest absolute Gasteiger partial charge is 0.323 e. The predicted octanol–water partition coefficient (Wildman–Crippen LogP) is 10.4. The highest BCUT2D eigenvalue weighted by Gasteiger charge is 2.18. The van der Waals surface area contributed by atoms with Gasteiger partial charge in [0.15, 0.2) is 12.7 Å². The molecule has 2 aromatic carbocycles. The van der Waals surface area contributed by atoms with Crippen molar-refractivity contribution < 1.29 is 14.1 Å². The van der Waals surface area contributed by atoms with Crippen LogP contribution >= 0.6 is 11.3 Å². The number of unbranched alkanes of at least 4 members (excludes halogenated alkanes) is 11. The van der Waals surface area contributed by atoms with E-state index in [1.54, 1.807) is 11.3 Å². The molecular weight excluding hydrogens is 538 g/mol. The van der Waals surface area contributed by atoms with E-state index in [1.165, 1.54) is 81.1 Å². The first kappa shape index (κ1) is 33.6. The highest BCUT2D eigenvalue weighted by atomic mass is 32.1. The van der Waals surface area contributed by atoms with Crippen molar-refractivity contribution in [2.75, 3.05) is 17.2 Å². The van der Waals surface area contributed by atoms with Crippen molar-refractivity contribution in [3.05, 3.63) is 70.2 Å². The van der Waals surface area contributed by atoms with E-state index in [2.05, 4.69) is 79.7 Å². The van der Waals surface area contributed by atoms with Crippen molar-refractivity contribution in [2.24, 2.45) is 0 Å². The van der Waals surface area contributed by atoms with Crippen LogP contribution in [0.25, 0.3) is 0 Å². The first-order valence-corrected chi connectivity index (χ1v) is 17.0. The summed E-state index contributed by atoms with van der Waals surface area (Å²) >= 11 is 1.72. The summed E-state index contributed by atoms with van der Waals surface area (Å²) in [4.78, 5) is 14.4. The lowest BCUT2D eigenvalue weighted by Gasteiger charge is -2.22. The van der Waals surface area contributed by atoms with E-state index in [-0.39, 0.29) is 11.4 Å². The van der Waals surface area contributed by atoms with E-state index >= 15 is 0 Å². The Hall–Kier alpha value is -2.86. The van der Waals surface area contributed by atoms with Gasteiger partial charge < -0.3 is 15.4 Å². The third-order valence-electron chi connectivity index (χ3n) is 7.69. The maximum Gasteiger partial charge on any atom is 0.323 e. The number of ether oxygens (including phenoxy) is 1. The standard InChI is InChI=1S/C36H53N3O2S/c1-6-7-8-9-10-11-12-13-14-15-16-19-24-41-34-25-31(36(3,4)5)22-23-33(34)38-35(40)37-32-21-18-17-20-30(32)27-39-26-29(2)42-28-39/h17-18,20-23,25-26,28H,6-16,19,24,27H2,1-5H3,(H-,37,38,40)/p+1. The number of hydrogen-bond acceptors (Lipinski definition) is 3. The lowest BCUT2D eigenvalue weighted by atomic mass is 9.87. The molecule has 42 heavy (non-hydrogen) atoms. The minimum atomic E-state index is -0.271. The van der Waals surface area contributed by atoms with Gasteiger partial charge in [0, 0.05) is 5.56 Å². The highest BCUT2D eigenvalue weighted by Crippen LogP contribution is 2.32. The topological polar surface area (TPSA) is 54.2 Å². The summed E-state index contributed by atoms with van der Waals surface area (Å²) in [7, 11) is 0. The van der Waals surface area contributed by atoms with Crippen molar-refractivity contribution >= 4 is 28.7 Å². The number of para-hydroxylation sites is 1. The monoisotopic (exact) mass is 592 g/mol. The van der Waals surface area contributed by atoms with Gasteiger partial charge in [-0.25, -0.2) is 4.79 Å². The SMILES string of the molecule is CCCCCCCCCCCCCCOc1cc(C(C)(C)C)ccc1NC(=O)Nc1ccccc1C[n+]1csc(C)c1. The Morgan fingerprint density at radius 1 is 0.833 bits per heavy atom. The number of aromatic nitrogens is 1. The van der Waals surface area contributed by atoms with Gasteiger partial charge in [-0.05, 0) is 42.5 Å². The summed E-state index contributed by atoms with van der Waals surface area (Å²) < 4.78 is 8.42. The van der Waals surface area contributed by atoms with Crippen molar-refractivity contribution in [3.8, 4) is 5.75 Å². The second kappa shape index (κ2) is 17.9. The third-order valence-corrected chi connectivity index (χ3v) is 8.54. The van der Waals surface area contributed by atoms with Gasteiger partial charge in [0.1, 0.15) is 5.75 Å². The van der Waals surface area contributed by atoms with Crippen LogP contribution in [0.4, 0.5) is 16.2 Å². The third kappa shape index (κ3) is 12.2. The molecule has 2 amide bonds. The van der Waals surface area contributed by atoms with E-state index in [0.29, 0.717) is 18.8 Å². The minimum Gasteiger partial charge on any atom is -0.491 e. The molecule has 0 aliphatic rings. The first-order valence-electron chi connectivity index (χ1n) is 16.1. The molecule has 3 aromatic rings. The summed E-state index contributed by atoms with van der Waals surface area (Å²) in [6.07, 6.45) is 17.9. The van der Waals surface area contributed by atoms with Crippen molar-refractivity contribution in [1.29, 1.82) is 0 Å². The molecule has 0 atom stereocenters. The number of thiazole rings is 1. The number of rotatable bonds is 18. The lowest BCUT2D eigenvalue weighted by molar-refractivity contribution is -0.683. The van der Waals surface area contributed by atoms with E-state index in [9.17, 15) is 4.79 Å². The first-order chi connectivity index (χ1) is 20.3. The summed E-state index contributed by atoms with van der Waals surface area (Å²) in [5, 5.41) is 6.11. The second-order valence-corrected chi connectivity index (χ2v) is 13.7. The van der Waals surface area contributed by atoms with Gasteiger partial charge in [-0.1, -0.05) is 134 Å². The normalized spacial score (nSPS) is 11.5. The van der Waals surface area contributed by atoms with Crippen molar-refractivity contribution in [1.82, 2.24) is 0 Å². The number of aryl methyl sites for hydroxylation is 1. The number of urea groups is 1. The number of benzene rings is 2. The Kier molecular flexibility index (Phi) is 14.4. The summed E-state index contributed by atoms with van der Waals surface area (Å²) in [5.41, 5.74) is 5.83. The Balaban J connectivity index is 1.49. The second-order valence-electron chi connectivity index (χ2n) is 12.6. The predicted molar refractivity (Wildman–Crippen MR) is 179 cm³/mol. The Morgan fingerprint density at radius 2 is 1.45 bits per heavy atom. The molecule has 0 saturated carbocycles. The van der Waals surface area contributed by atoms with E-state index in [0.717, 1.165) is 23.4 Å². The number of hydrogen-bond donors (Lipinski definition) is 2. The molecule has 6 heteroatoms. The van der Waals surface area contributed by atoms with Crippen LogP contribution in [-0.2, 0) is 12.0 Å². The fraction of sp³-hybridized carbons (Fsp3) is 0.556. The van der Waals surface area contributed by atoms with E-state index in [4.69, 9.17) is 4.74 Å². The molecule has 0 unspecified atom stereocenters. The van der Waals surface area contributed by atoms with Gasteiger partial charge in [-0.3, -0.25) is 0 Å². The quantitative estimate of drug-likeness (QED) is 0.114. The van der Waals surface area contributed by atoms with Crippen LogP contribution in [0.15, 0.2) is 54.2 Å². The number of carbonyl (C=O) groups is 1. The molecule has 0 fully saturated rings. The Labute approximate surface area is 259 Å². The van der Waals surface area contributed by atoms with Gasteiger partial charge >= 0.3 is 6.03 Å². The summed E-state index contributed by atoms with van der Waals surface area (Å²) in [6, 6.07) is 13.8. The van der Waals surface area contributed by atoms with Gasteiger partial charge in [-0.15, -0.1) is 0 Å². The molecule has 1 heterocycles. The lowest BCUT2D eigenvalue weighted by Crippen LogP contribution is -2.31. The molecule has 2 N–H and O–H groups in total. The van der Waals surface area contributed by atoms with Crippen LogP contribution in [0.2, 0.25) is 0 Å². The summed E-state index contributed by atoms with van der Waals surface area (Å²) in [5.74, 6) is 0.734. The Morgan fingerprint density at radius 3 is 2.07 bits per heavy atom. The van der Waals surface area contributed by atoms with Gasteiger partial charge in [-0.2, -0.15) is 4.57 Å². The summed E-state index contributed by atoms with van der Waals surface area (Å²) in [6.45, 7) is 12.3. The van der Waals surface area contributed by atoms with Crippen LogP contribution in [0.1, 0.15) is 121 Å². The van der Waals surface area contributed by atoms with E-state index < -0.39 is 0 Å². The fourth-order valence-electron chi connectivity index (χ4n) is 5.12. The minimum absolute atomic E-state index is 0.00842. The van der Waals surface area contributed by atoms with Crippen LogP contribution < -0.4 is 19.9 Å². The van der Waals surface area contributed by atoms with Gasteiger partial charge in [0.2, 0.25) is 5.51 Å². The fourth-order valence-corrected chi connectivity index (χ4v) is 5.75. The molecule has 0 spiro atoms. The van der Waals surface area contributed by atoms with Crippen molar-refractivity contribution in [2.45, 2.75) is 124 Å². The molecule has 3 rings (SSSR count). The zero-order chi connectivity index (χ0) is 30.2. The molecule has 0 aliphatic carbocycles. The number of anilines is 2. The zero-order valence-corrected chi connectivity index (χ0v) is 27.6. The molecule has 0 saturated heterocycles. The van der Waals surface area contributed by atoms with Gasteiger partial charge in [0.25, 0.3) is 0 Å². The highest BCUT2D eigenvalue weighted by molar-refractivity contribution is 7.09. The number of carbonyl (C=O) groups excluding carboxylic acids is 1. The molecule has 0 radical (unpaired) electrons. The van der Waals surface area contributed by atoms with E-state index in [1.807, 2.05) is 24.3 Å².